The van der Waals surface area contributed by atoms with Gasteiger partial charge in [-0.3, -0.25) is 4.79 Å². The van der Waals surface area contributed by atoms with Crippen molar-refractivity contribution >= 4 is 38.0 Å². The molecule has 0 aliphatic carbocycles. The number of halogens is 2. The fraction of sp³-hybridized carbons (Fsp3) is 0. The van der Waals surface area contributed by atoms with E-state index in [0.717, 1.165) is 6.07 Å². The van der Waals surface area contributed by atoms with Gasteiger partial charge in [-0.05, 0) is 24.3 Å². The number of H-pyrrole nitrogens is 1. The van der Waals surface area contributed by atoms with Crippen molar-refractivity contribution in [3.05, 3.63) is 63.7 Å². The molecular weight excluding hydrogens is 371 g/mol. The Morgan fingerprint density at radius 1 is 1.12 bits per heavy atom. The number of aromatic amines is 1. The van der Waals surface area contributed by atoms with Crippen LogP contribution in [0.5, 0.6) is 0 Å². The van der Waals surface area contributed by atoms with Crippen molar-refractivity contribution < 1.29 is 12.8 Å². The predicted octanol–water partition coefficient (Wildman–Crippen LogP) is 2.20. The molecular formula is C15H8ClFN4O3S. The molecule has 0 aliphatic rings. The van der Waals surface area contributed by atoms with Crippen LogP contribution in [0.25, 0.3) is 16.6 Å². The summed E-state index contributed by atoms with van der Waals surface area (Å²) >= 11 is 5.86. The highest BCUT2D eigenvalue weighted by molar-refractivity contribution is 7.91. The van der Waals surface area contributed by atoms with E-state index in [9.17, 15) is 17.6 Å². The first-order chi connectivity index (χ1) is 11.9. The van der Waals surface area contributed by atoms with E-state index in [2.05, 4.69) is 15.3 Å². The zero-order chi connectivity index (χ0) is 17.8. The number of hydrogen-bond donors (Lipinski definition) is 1. The summed E-state index contributed by atoms with van der Waals surface area (Å²) in [6.07, 6.45) is 0. The zero-order valence-corrected chi connectivity index (χ0v) is 13.8. The van der Waals surface area contributed by atoms with Crippen LogP contribution in [0.2, 0.25) is 5.02 Å². The molecule has 0 bridgehead atoms. The number of hydrogen-bond acceptors (Lipinski definition) is 5. The van der Waals surface area contributed by atoms with E-state index in [0.29, 0.717) is 5.52 Å². The number of aromatic nitrogens is 4. The van der Waals surface area contributed by atoms with Crippen molar-refractivity contribution in [2.45, 2.75) is 9.92 Å². The fourth-order valence-electron chi connectivity index (χ4n) is 2.58. The highest BCUT2D eigenvalue weighted by Crippen LogP contribution is 2.30. The Morgan fingerprint density at radius 3 is 2.64 bits per heavy atom. The molecule has 1 N–H and O–H groups in total. The van der Waals surface area contributed by atoms with Gasteiger partial charge in [-0.25, -0.2) is 22.5 Å². The van der Waals surface area contributed by atoms with Crippen LogP contribution in [-0.4, -0.2) is 28.2 Å². The van der Waals surface area contributed by atoms with Gasteiger partial charge in [0, 0.05) is 0 Å². The van der Waals surface area contributed by atoms with Crippen molar-refractivity contribution in [1.82, 2.24) is 19.8 Å². The molecule has 0 fully saturated rings. The second kappa shape index (κ2) is 5.36. The van der Waals surface area contributed by atoms with Crippen molar-refractivity contribution in [3.63, 3.8) is 0 Å². The first-order valence-electron chi connectivity index (χ1n) is 6.96. The lowest BCUT2D eigenvalue weighted by molar-refractivity contribution is 0.565. The average Bonchev–Trinajstić information content (AvgIpc) is 2.99. The number of rotatable bonds is 2. The summed E-state index contributed by atoms with van der Waals surface area (Å²) in [5, 5.41) is 5.65. The van der Waals surface area contributed by atoms with Crippen LogP contribution in [0, 0.1) is 5.82 Å². The summed E-state index contributed by atoms with van der Waals surface area (Å²) in [7, 11) is -4.44. The molecule has 2 aromatic carbocycles. The van der Waals surface area contributed by atoms with Crippen LogP contribution >= 0.6 is 11.6 Å². The van der Waals surface area contributed by atoms with Crippen molar-refractivity contribution in [1.29, 1.82) is 0 Å². The maximum atomic E-state index is 14.1. The summed E-state index contributed by atoms with van der Waals surface area (Å²) in [6, 6.07) is 10.0. The molecule has 2 heterocycles. The second-order valence-corrected chi connectivity index (χ2v) is 7.37. The number of sulfone groups is 1. The minimum Gasteiger partial charge on any atom is -0.267 e. The van der Waals surface area contributed by atoms with Crippen LogP contribution in [-0.2, 0) is 9.84 Å². The van der Waals surface area contributed by atoms with Gasteiger partial charge in [0.05, 0.1) is 15.9 Å². The Labute approximate surface area is 144 Å². The summed E-state index contributed by atoms with van der Waals surface area (Å²) in [6.45, 7) is 0. The van der Waals surface area contributed by atoms with Gasteiger partial charge >= 0.3 is 0 Å². The molecule has 0 saturated carbocycles. The average molecular weight is 379 g/mol. The molecule has 0 atom stereocenters. The van der Waals surface area contributed by atoms with Gasteiger partial charge < -0.3 is 0 Å². The number of nitrogens with zero attached hydrogens (tertiary/aromatic N) is 3. The zero-order valence-electron chi connectivity index (χ0n) is 12.3. The number of para-hydroxylation sites is 1. The third-order valence-corrected chi connectivity index (χ3v) is 5.84. The summed E-state index contributed by atoms with van der Waals surface area (Å²) in [5.74, 6) is -1.02. The summed E-state index contributed by atoms with van der Waals surface area (Å²) < 4.78 is 41.0. The second-order valence-electron chi connectivity index (χ2n) is 5.16. The Hall–Kier alpha value is -2.78. The monoisotopic (exact) mass is 378 g/mol. The minimum absolute atomic E-state index is 0.233. The van der Waals surface area contributed by atoms with E-state index < -0.39 is 31.1 Å². The third kappa shape index (κ3) is 2.24. The Bertz CT molecular complexity index is 1290. The maximum absolute atomic E-state index is 14.1. The van der Waals surface area contributed by atoms with Gasteiger partial charge in [-0.1, -0.05) is 29.8 Å². The highest BCUT2D eigenvalue weighted by atomic mass is 35.5. The van der Waals surface area contributed by atoms with E-state index in [1.165, 1.54) is 16.6 Å². The van der Waals surface area contributed by atoms with Crippen LogP contribution < -0.4 is 5.56 Å². The predicted molar refractivity (Wildman–Crippen MR) is 88.0 cm³/mol. The van der Waals surface area contributed by atoms with Crippen LogP contribution in [0.15, 0.2) is 57.2 Å². The molecule has 0 aliphatic heterocycles. The SMILES string of the molecule is O=c1nc2c(S(=O)(=O)c3c(F)cccc3Cl)n[nH]n2c2ccccc12. The molecule has 0 unspecified atom stereocenters. The molecule has 25 heavy (non-hydrogen) atoms. The normalized spacial score (nSPS) is 12.1. The van der Waals surface area contributed by atoms with E-state index in [-0.39, 0.29) is 16.1 Å². The summed E-state index contributed by atoms with van der Waals surface area (Å²) in [4.78, 5) is 15.2. The van der Waals surface area contributed by atoms with Crippen molar-refractivity contribution in [3.8, 4) is 0 Å². The summed E-state index contributed by atoms with van der Waals surface area (Å²) in [5.41, 5.74) is -0.456. The largest absolute Gasteiger partial charge is 0.281 e. The van der Waals surface area contributed by atoms with Gasteiger partial charge in [0.25, 0.3) is 5.56 Å². The fourth-order valence-corrected chi connectivity index (χ4v) is 4.43. The van der Waals surface area contributed by atoms with Gasteiger partial charge in [0.2, 0.25) is 14.9 Å². The lowest BCUT2D eigenvalue weighted by atomic mass is 10.2. The number of fused-ring (bicyclic) bond motifs is 3. The lowest BCUT2D eigenvalue weighted by Gasteiger charge is -2.05. The first-order valence-corrected chi connectivity index (χ1v) is 8.82. The lowest BCUT2D eigenvalue weighted by Crippen LogP contribution is -2.12. The molecule has 10 heteroatoms. The Morgan fingerprint density at radius 2 is 1.88 bits per heavy atom. The van der Waals surface area contributed by atoms with Crippen LogP contribution in [0.4, 0.5) is 4.39 Å². The smallest absolute Gasteiger partial charge is 0.267 e. The number of nitrogens with one attached hydrogen (secondary N) is 1. The van der Waals surface area contributed by atoms with Gasteiger partial charge in [0.15, 0.2) is 5.65 Å². The van der Waals surface area contributed by atoms with Crippen molar-refractivity contribution in [2.24, 2.45) is 0 Å². The van der Waals surface area contributed by atoms with E-state index in [1.807, 2.05) is 0 Å². The molecule has 2 aromatic heterocycles. The van der Waals surface area contributed by atoms with Gasteiger partial charge in [-0.2, -0.15) is 4.98 Å². The maximum Gasteiger partial charge on any atom is 0.281 e. The standard InChI is InChI=1S/C15H8ClFN4O3S/c16-9-5-3-6-10(17)12(9)25(23,24)15-13-18-14(22)8-4-1-2-7-11(8)21(13)20-19-15/h1-7,20H. The van der Waals surface area contributed by atoms with E-state index in [1.54, 1.807) is 24.3 Å². The van der Waals surface area contributed by atoms with Crippen LogP contribution in [0.1, 0.15) is 0 Å². The molecule has 4 rings (SSSR count). The highest BCUT2D eigenvalue weighted by Gasteiger charge is 2.31. The Balaban J connectivity index is 2.10. The quantitative estimate of drug-likeness (QED) is 0.576. The number of benzene rings is 2. The Kier molecular flexibility index (Phi) is 3.37. The van der Waals surface area contributed by atoms with Crippen LogP contribution in [0.3, 0.4) is 0 Å². The molecule has 0 spiro atoms. The minimum atomic E-state index is -4.44. The third-order valence-electron chi connectivity index (χ3n) is 3.68. The molecule has 0 radical (unpaired) electrons. The molecule has 0 saturated heterocycles. The van der Waals surface area contributed by atoms with E-state index >= 15 is 0 Å². The molecule has 4 aromatic rings. The van der Waals surface area contributed by atoms with Crippen molar-refractivity contribution in [2.75, 3.05) is 0 Å². The van der Waals surface area contributed by atoms with Gasteiger partial charge in [-0.15, -0.1) is 5.10 Å². The molecule has 126 valence electrons. The topological polar surface area (TPSA) is 97.2 Å². The van der Waals surface area contributed by atoms with Gasteiger partial charge in [0.1, 0.15) is 10.7 Å². The first kappa shape index (κ1) is 15.7. The molecule has 0 amide bonds. The molecule has 7 nitrogen and oxygen atoms in total. The van der Waals surface area contributed by atoms with E-state index in [4.69, 9.17) is 11.6 Å².